The van der Waals surface area contributed by atoms with Gasteiger partial charge < -0.3 is 31.8 Å². The number of nitriles is 1. The smallest absolute Gasteiger partial charge is 0.251 e. The molecule has 1 aliphatic heterocycles. The molecule has 1 aromatic carbocycles. The molecule has 0 spiro atoms. The highest BCUT2D eigenvalue weighted by Gasteiger charge is 2.41. The molecule has 0 radical (unpaired) electrons. The van der Waals surface area contributed by atoms with Gasteiger partial charge in [0.15, 0.2) is 5.96 Å². The molecule has 12 heteroatoms. The van der Waals surface area contributed by atoms with Crippen LogP contribution in [-0.2, 0) is 14.4 Å². The largest absolute Gasteiger partial charge is 0.370 e. The fourth-order valence-corrected chi connectivity index (χ4v) is 4.41. The third-order valence-corrected chi connectivity index (χ3v) is 6.55. The molecule has 0 aliphatic carbocycles. The number of halogens is 1. The van der Waals surface area contributed by atoms with Crippen molar-refractivity contribution in [2.45, 2.75) is 63.6 Å². The minimum Gasteiger partial charge on any atom is -0.370 e. The van der Waals surface area contributed by atoms with Crippen molar-refractivity contribution in [3.63, 3.8) is 0 Å². The molecule has 3 amide bonds. The number of benzene rings is 1. The van der Waals surface area contributed by atoms with Crippen LogP contribution in [0.3, 0.4) is 0 Å². The van der Waals surface area contributed by atoms with Crippen LogP contribution in [0, 0.1) is 17.2 Å². The molecule has 1 heterocycles. The first-order chi connectivity index (χ1) is 18.1. The van der Waals surface area contributed by atoms with Crippen molar-refractivity contribution in [1.29, 1.82) is 5.26 Å². The van der Waals surface area contributed by atoms with E-state index < -0.39 is 42.0 Å². The molecular formula is C26H36FN7O4. The van der Waals surface area contributed by atoms with Crippen LogP contribution in [0.5, 0.6) is 0 Å². The zero-order valence-corrected chi connectivity index (χ0v) is 21.8. The third-order valence-electron chi connectivity index (χ3n) is 6.55. The number of carbonyl (C=O) groups is 4. The zero-order chi connectivity index (χ0) is 28.3. The van der Waals surface area contributed by atoms with Gasteiger partial charge in [-0.1, -0.05) is 13.8 Å². The minimum atomic E-state index is -1.46. The van der Waals surface area contributed by atoms with Crippen molar-refractivity contribution >= 4 is 30.0 Å². The van der Waals surface area contributed by atoms with Crippen molar-refractivity contribution in [3.05, 3.63) is 35.4 Å². The number of nitrogens with zero attached hydrogens (tertiary/aromatic N) is 3. The average Bonchev–Trinajstić information content (AvgIpc) is 3.39. The summed E-state index contributed by atoms with van der Waals surface area (Å²) in [6.07, 6.45) is 1.68. The number of hydrogen-bond acceptors (Lipinski definition) is 6. The van der Waals surface area contributed by atoms with Crippen LogP contribution in [0.15, 0.2) is 29.3 Å². The maximum absolute atomic E-state index is 13.5. The molecule has 2 rings (SSSR count). The Hall–Kier alpha value is -4.01. The first-order valence-corrected chi connectivity index (χ1v) is 12.6. The second kappa shape index (κ2) is 14.1. The highest BCUT2D eigenvalue weighted by atomic mass is 19.1. The lowest BCUT2D eigenvalue weighted by Gasteiger charge is -2.34. The second-order valence-corrected chi connectivity index (χ2v) is 9.69. The van der Waals surface area contributed by atoms with Gasteiger partial charge in [-0.25, -0.2) is 0 Å². The maximum atomic E-state index is 13.5. The van der Waals surface area contributed by atoms with Crippen molar-refractivity contribution in [3.8, 4) is 6.07 Å². The summed E-state index contributed by atoms with van der Waals surface area (Å²) in [5, 5.41) is 14.4. The standard InChI is InChI=1S/C26H36FN7O4/c1-17(2)21(32-22(36)19-8-6-18(15-28)7-9-19)24(38)34-14-3-5-20(34)23(37)33-26(16-35,11-12-27)10-4-13-31-25(29)30/h6-9,16-17,20-21H,3-5,10-14H2,1-2H3,(H,32,36)(H,33,37)(H4,29,30,31)/t20-,21-,26+/m0/s1. The van der Waals surface area contributed by atoms with E-state index in [2.05, 4.69) is 15.6 Å². The number of guanidine groups is 1. The molecule has 1 fully saturated rings. The SMILES string of the molecule is CC(C)[C@H](NC(=O)c1ccc(C#N)cc1)C(=O)N1CCC[C@H]1C(=O)N[C@@](C=O)(CCF)CCCN=C(N)N. The van der Waals surface area contributed by atoms with Crippen molar-refractivity contribution in [2.24, 2.45) is 22.4 Å². The number of amides is 3. The lowest BCUT2D eigenvalue weighted by Crippen LogP contribution is -2.59. The summed E-state index contributed by atoms with van der Waals surface area (Å²) in [5.74, 6) is -1.85. The Bertz CT molecular complexity index is 1070. The van der Waals surface area contributed by atoms with Crippen LogP contribution in [0.1, 0.15) is 61.9 Å². The molecular weight excluding hydrogens is 493 g/mol. The number of aliphatic imine (C=N–C) groups is 1. The van der Waals surface area contributed by atoms with Crippen molar-refractivity contribution in [1.82, 2.24) is 15.5 Å². The van der Waals surface area contributed by atoms with Crippen LogP contribution in [-0.4, -0.2) is 72.3 Å². The number of carbonyl (C=O) groups excluding carboxylic acids is 4. The van der Waals surface area contributed by atoms with Crippen LogP contribution < -0.4 is 22.1 Å². The summed E-state index contributed by atoms with van der Waals surface area (Å²) in [5.41, 5.74) is 9.87. The molecule has 0 saturated carbocycles. The number of likely N-dealkylation sites (tertiary alicyclic amines) is 1. The third kappa shape index (κ3) is 7.99. The van der Waals surface area contributed by atoms with Gasteiger partial charge in [0, 0.05) is 25.1 Å². The van der Waals surface area contributed by atoms with Gasteiger partial charge >= 0.3 is 0 Å². The number of hydrogen-bond donors (Lipinski definition) is 4. The zero-order valence-electron chi connectivity index (χ0n) is 21.8. The van der Waals surface area contributed by atoms with Gasteiger partial charge in [-0.15, -0.1) is 0 Å². The van der Waals surface area contributed by atoms with Crippen molar-refractivity contribution in [2.75, 3.05) is 19.8 Å². The summed E-state index contributed by atoms with van der Waals surface area (Å²) < 4.78 is 13.3. The van der Waals surface area contributed by atoms with Crippen LogP contribution >= 0.6 is 0 Å². The molecule has 1 aromatic rings. The van der Waals surface area contributed by atoms with E-state index in [0.29, 0.717) is 43.2 Å². The normalized spacial score (nSPS) is 17.1. The number of alkyl halides is 1. The van der Waals surface area contributed by atoms with Gasteiger partial charge in [0.2, 0.25) is 11.8 Å². The number of aldehydes is 1. The van der Waals surface area contributed by atoms with Gasteiger partial charge in [-0.3, -0.25) is 23.8 Å². The molecule has 38 heavy (non-hydrogen) atoms. The molecule has 6 N–H and O–H groups in total. The maximum Gasteiger partial charge on any atom is 0.251 e. The molecule has 0 bridgehead atoms. The highest BCUT2D eigenvalue weighted by Crippen LogP contribution is 2.23. The quantitative estimate of drug-likeness (QED) is 0.126. The Balaban J connectivity index is 2.16. The molecule has 0 unspecified atom stereocenters. The minimum absolute atomic E-state index is 0.109. The Morgan fingerprint density at radius 3 is 2.50 bits per heavy atom. The lowest BCUT2D eigenvalue weighted by atomic mass is 9.91. The van der Waals surface area contributed by atoms with E-state index >= 15 is 0 Å². The van der Waals surface area contributed by atoms with E-state index in [1.165, 1.54) is 29.2 Å². The van der Waals surface area contributed by atoms with Crippen LogP contribution in [0.2, 0.25) is 0 Å². The highest BCUT2D eigenvalue weighted by molar-refractivity contribution is 5.99. The topological polar surface area (TPSA) is 184 Å². The Kier molecular flexibility index (Phi) is 11.2. The predicted molar refractivity (Wildman–Crippen MR) is 139 cm³/mol. The first-order valence-electron chi connectivity index (χ1n) is 12.6. The van der Waals surface area contributed by atoms with Gasteiger partial charge in [0.25, 0.3) is 5.91 Å². The fraction of sp³-hybridized carbons (Fsp3) is 0.538. The van der Waals surface area contributed by atoms with E-state index in [0.717, 1.165) is 0 Å². The summed E-state index contributed by atoms with van der Waals surface area (Å²) in [6, 6.07) is 6.22. The van der Waals surface area contributed by atoms with Gasteiger partial charge in [-0.2, -0.15) is 5.26 Å². The summed E-state index contributed by atoms with van der Waals surface area (Å²) in [6.45, 7) is 3.24. The van der Waals surface area contributed by atoms with Crippen LogP contribution in [0.25, 0.3) is 0 Å². The fourth-order valence-electron chi connectivity index (χ4n) is 4.41. The van der Waals surface area contributed by atoms with Crippen LogP contribution in [0.4, 0.5) is 4.39 Å². The second-order valence-electron chi connectivity index (χ2n) is 9.69. The van der Waals surface area contributed by atoms with E-state index in [-0.39, 0.29) is 31.3 Å². The van der Waals surface area contributed by atoms with Crippen molar-refractivity contribution < 1.29 is 23.6 Å². The number of nitrogens with one attached hydrogen (secondary N) is 2. The predicted octanol–water partition coefficient (Wildman–Crippen LogP) is 0.771. The van der Waals surface area contributed by atoms with E-state index in [1.54, 1.807) is 13.8 Å². The molecule has 3 atom stereocenters. The van der Waals surface area contributed by atoms with E-state index in [1.807, 2.05) is 6.07 Å². The summed E-state index contributed by atoms with van der Waals surface area (Å²) in [4.78, 5) is 56.9. The lowest BCUT2D eigenvalue weighted by molar-refractivity contribution is -0.141. The summed E-state index contributed by atoms with van der Waals surface area (Å²) >= 11 is 0. The molecule has 1 aliphatic rings. The average molecular weight is 530 g/mol. The van der Waals surface area contributed by atoms with E-state index in [9.17, 15) is 23.6 Å². The number of nitrogens with two attached hydrogens (primary N) is 2. The molecule has 11 nitrogen and oxygen atoms in total. The first kappa shape index (κ1) is 30.2. The molecule has 1 saturated heterocycles. The number of rotatable bonds is 13. The Morgan fingerprint density at radius 1 is 1.26 bits per heavy atom. The Morgan fingerprint density at radius 2 is 1.95 bits per heavy atom. The molecule has 206 valence electrons. The van der Waals surface area contributed by atoms with Gasteiger partial charge in [-0.05, 0) is 55.9 Å². The monoisotopic (exact) mass is 529 g/mol. The van der Waals surface area contributed by atoms with Gasteiger partial charge in [0.1, 0.15) is 18.4 Å². The molecule has 0 aromatic heterocycles. The van der Waals surface area contributed by atoms with Gasteiger partial charge in [0.05, 0.1) is 23.8 Å². The summed E-state index contributed by atoms with van der Waals surface area (Å²) in [7, 11) is 0. The Labute approximate surface area is 221 Å². The van der Waals surface area contributed by atoms with E-state index in [4.69, 9.17) is 16.7 Å².